The molecule has 1 rings (SSSR count). The summed E-state index contributed by atoms with van der Waals surface area (Å²) in [5, 5.41) is 4.65. The quantitative estimate of drug-likeness (QED) is 0.804. The Balaban J connectivity index is 2.43. The van der Waals surface area contributed by atoms with Crippen LogP contribution in [0.1, 0.15) is 37.1 Å². The summed E-state index contributed by atoms with van der Waals surface area (Å²) in [5.41, 5.74) is 0.234. The molecule has 0 atom stereocenters. The molecule has 1 N–H and O–H groups in total. The highest BCUT2D eigenvalue weighted by atomic mass is 32.1. The standard InChI is InChI=1S/C10H18N2S/c1-5-10(3,4)12-7-9-6-11-8(2)13-9/h6,12H,5,7H2,1-4H3. The first-order valence-corrected chi connectivity index (χ1v) is 5.51. The molecule has 0 amide bonds. The molecular formula is C10H18N2S. The smallest absolute Gasteiger partial charge is 0.0897 e. The summed E-state index contributed by atoms with van der Waals surface area (Å²) in [6.45, 7) is 9.62. The highest BCUT2D eigenvalue weighted by Crippen LogP contribution is 2.14. The topological polar surface area (TPSA) is 24.9 Å². The summed E-state index contributed by atoms with van der Waals surface area (Å²) in [6.07, 6.45) is 3.10. The van der Waals surface area contributed by atoms with E-state index in [-0.39, 0.29) is 5.54 Å². The van der Waals surface area contributed by atoms with Crippen LogP contribution in [0.5, 0.6) is 0 Å². The van der Waals surface area contributed by atoms with Crippen molar-refractivity contribution in [2.75, 3.05) is 0 Å². The highest BCUT2D eigenvalue weighted by Gasteiger charge is 2.13. The van der Waals surface area contributed by atoms with Crippen LogP contribution in [0.25, 0.3) is 0 Å². The third-order valence-electron chi connectivity index (χ3n) is 2.29. The zero-order chi connectivity index (χ0) is 9.90. The number of rotatable bonds is 4. The van der Waals surface area contributed by atoms with Gasteiger partial charge in [0, 0.05) is 23.2 Å². The Morgan fingerprint density at radius 1 is 1.54 bits per heavy atom. The highest BCUT2D eigenvalue weighted by molar-refractivity contribution is 7.11. The van der Waals surface area contributed by atoms with Gasteiger partial charge in [-0.25, -0.2) is 4.98 Å². The molecule has 0 saturated carbocycles. The molecule has 0 radical (unpaired) electrons. The van der Waals surface area contributed by atoms with Crippen molar-refractivity contribution in [2.24, 2.45) is 0 Å². The SMILES string of the molecule is CCC(C)(C)NCc1cnc(C)s1. The van der Waals surface area contributed by atoms with Crippen molar-refractivity contribution in [3.8, 4) is 0 Å². The maximum Gasteiger partial charge on any atom is 0.0897 e. The fourth-order valence-corrected chi connectivity index (χ4v) is 1.67. The van der Waals surface area contributed by atoms with Gasteiger partial charge in [-0.2, -0.15) is 0 Å². The van der Waals surface area contributed by atoms with Crippen molar-refractivity contribution in [3.05, 3.63) is 16.1 Å². The van der Waals surface area contributed by atoms with E-state index < -0.39 is 0 Å². The van der Waals surface area contributed by atoms with Crippen LogP contribution in [0, 0.1) is 6.92 Å². The van der Waals surface area contributed by atoms with Crippen LogP contribution < -0.4 is 5.32 Å². The average molecular weight is 198 g/mol. The van der Waals surface area contributed by atoms with Crippen molar-refractivity contribution in [1.82, 2.24) is 10.3 Å². The summed E-state index contributed by atoms with van der Waals surface area (Å²) in [5.74, 6) is 0. The Labute approximate surface area is 84.4 Å². The van der Waals surface area contributed by atoms with Gasteiger partial charge in [-0.05, 0) is 27.2 Å². The second-order valence-corrected chi connectivity index (χ2v) is 5.26. The number of aromatic nitrogens is 1. The van der Waals surface area contributed by atoms with E-state index in [1.807, 2.05) is 13.1 Å². The second kappa shape index (κ2) is 4.20. The van der Waals surface area contributed by atoms with Crippen LogP contribution in [0.4, 0.5) is 0 Å². The maximum atomic E-state index is 4.22. The van der Waals surface area contributed by atoms with E-state index in [4.69, 9.17) is 0 Å². The number of aryl methyl sites for hydroxylation is 1. The monoisotopic (exact) mass is 198 g/mol. The average Bonchev–Trinajstić information content (AvgIpc) is 2.48. The first kappa shape index (κ1) is 10.7. The minimum Gasteiger partial charge on any atom is -0.307 e. The van der Waals surface area contributed by atoms with Crippen molar-refractivity contribution < 1.29 is 0 Å². The van der Waals surface area contributed by atoms with Crippen LogP contribution in [0.2, 0.25) is 0 Å². The van der Waals surface area contributed by atoms with Gasteiger partial charge in [-0.15, -0.1) is 11.3 Å². The molecule has 74 valence electrons. The Bertz CT molecular complexity index is 266. The molecule has 13 heavy (non-hydrogen) atoms. The summed E-state index contributed by atoms with van der Waals surface area (Å²) in [7, 11) is 0. The second-order valence-electron chi connectivity index (χ2n) is 3.94. The number of hydrogen-bond donors (Lipinski definition) is 1. The van der Waals surface area contributed by atoms with Crippen LogP contribution in [0.15, 0.2) is 6.20 Å². The molecule has 1 aromatic heterocycles. The predicted octanol–water partition coefficient (Wildman–Crippen LogP) is 2.73. The number of thiazole rings is 1. The lowest BCUT2D eigenvalue weighted by Crippen LogP contribution is -2.37. The Hall–Kier alpha value is -0.410. The van der Waals surface area contributed by atoms with E-state index >= 15 is 0 Å². The molecular weight excluding hydrogens is 180 g/mol. The summed E-state index contributed by atoms with van der Waals surface area (Å²) >= 11 is 1.77. The van der Waals surface area contributed by atoms with Crippen molar-refractivity contribution in [3.63, 3.8) is 0 Å². The molecule has 2 nitrogen and oxygen atoms in total. The molecule has 3 heteroatoms. The fourth-order valence-electron chi connectivity index (χ4n) is 0.938. The van der Waals surface area contributed by atoms with E-state index in [9.17, 15) is 0 Å². The van der Waals surface area contributed by atoms with Crippen molar-refractivity contribution in [1.29, 1.82) is 0 Å². The van der Waals surface area contributed by atoms with Crippen LogP contribution in [0.3, 0.4) is 0 Å². The lowest BCUT2D eigenvalue weighted by atomic mass is 10.0. The lowest BCUT2D eigenvalue weighted by Gasteiger charge is -2.23. The van der Waals surface area contributed by atoms with Gasteiger partial charge in [0.05, 0.1) is 5.01 Å². The molecule has 0 saturated heterocycles. The van der Waals surface area contributed by atoms with Gasteiger partial charge < -0.3 is 5.32 Å². The largest absolute Gasteiger partial charge is 0.307 e. The zero-order valence-electron chi connectivity index (χ0n) is 8.85. The molecule has 1 aromatic rings. The summed E-state index contributed by atoms with van der Waals surface area (Å²) < 4.78 is 0. The summed E-state index contributed by atoms with van der Waals surface area (Å²) in [6, 6.07) is 0. The zero-order valence-corrected chi connectivity index (χ0v) is 9.66. The van der Waals surface area contributed by atoms with Crippen molar-refractivity contribution >= 4 is 11.3 Å². The fraction of sp³-hybridized carbons (Fsp3) is 0.700. The number of hydrogen-bond acceptors (Lipinski definition) is 3. The van der Waals surface area contributed by atoms with Gasteiger partial charge >= 0.3 is 0 Å². The molecule has 0 aliphatic carbocycles. The Morgan fingerprint density at radius 3 is 2.69 bits per heavy atom. The molecule has 0 fully saturated rings. The van der Waals surface area contributed by atoms with Crippen molar-refractivity contribution in [2.45, 2.75) is 46.2 Å². The minimum absolute atomic E-state index is 0.234. The molecule has 0 bridgehead atoms. The van der Waals surface area contributed by atoms with E-state index in [0.717, 1.165) is 18.0 Å². The van der Waals surface area contributed by atoms with Crippen LogP contribution in [-0.4, -0.2) is 10.5 Å². The summed E-state index contributed by atoms with van der Waals surface area (Å²) in [4.78, 5) is 5.54. The maximum absolute atomic E-state index is 4.22. The molecule has 0 aromatic carbocycles. The predicted molar refractivity (Wildman–Crippen MR) is 58.1 cm³/mol. The van der Waals surface area contributed by atoms with Gasteiger partial charge in [0.15, 0.2) is 0 Å². The Morgan fingerprint density at radius 2 is 2.23 bits per heavy atom. The molecule has 0 unspecified atom stereocenters. The van der Waals surface area contributed by atoms with E-state index in [0.29, 0.717) is 0 Å². The van der Waals surface area contributed by atoms with Gasteiger partial charge in [-0.3, -0.25) is 0 Å². The van der Waals surface area contributed by atoms with E-state index in [1.54, 1.807) is 11.3 Å². The lowest BCUT2D eigenvalue weighted by molar-refractivity contribution is 0.376. The normalized spacial score (nSPS) is 12.0. The van der Waals surface area contributed by atoms with Gasteiger partial charge in [0.2, 0.25) is 0 Å². The number of nitrogens with zero attached hydrogens (tertiary/aromatic N) is 1. The van der Waals surface area contributed by atoms with E-state index in [1.165, 1.54) is 4.88 Å². The third-order valence-corrected chi connectivity index (χ3v) is 3.21. The van der Waals surface area contributed by atoms with Gasteiger partial charge in [0.1, 0.15) is 0 Å². The first-order valence-electron chi connectivity index (χ1n) is 4.70. The molecule has 1 heterocycles. The van der Waals surface area contributed by atoms with Crippen LogP contribution in [-0.2, 0) is 6.54 Å². The Kier molecular flexibility index (Phi) is 3.45. The van der Waals surface area contributed by atoms with Gasteiger partial charge in [-0.1, -0.05) is 6.92 Å². The van der Waals surface area contributed by atoms with E-state index in [2.05, 4.69) is 31.1 Å². The molecule has 0 spiro atoms. The molecule has 0 aliphatic heterocycles. The first-order chi connectivity index (χ1) is 6.03. The third kappa shape index (κ3) is 3.44. The number of nitrogens with one attached hydrogen (secondary N) is 1. The van der Waals surface area contributed by atoms with Gasteiger partial charge in [0.25, 0.3) is 0 Å². The van der Waals surface area contributed by atoms with Crippen LogP contribution >= 0.6 is 11.3 Å². The minimum atomic E-state index is 0.234. The molecule has 0 aliphatic rings.